The quantitative estimate of drug-likeness (QED) is 0.399. The first-order valence-corrected chi connectivity index (χ1v) is 12.5. The van der Waals surface area contributed by atoms with Crippen molar-refractivity contribution in [1.29, 1.82) is 0 Å². The fraction of sp³-hybridized carbons (Fsp3) is 0.667. The lowest BCUT2D eigenvalue weighted by Gasteiger charge is -2.54. The molecule has 4 aliphatic carbocycles. The lowest BCUT2D eigenvalue weighted by atomic mass is 9.51. The zero-order valence-electron chi connectivity index (χ0n) is 21.2. The lowest BCUT2D eigenvalue weighted by molar-refractivity contribution is 0.0963. The predicted octanol–water partition coefficient (Wildman–Crippen LogP) is 9.62. The zero-order chi connectivity index (χ0) is 22.7. The van der Waals surface area contributed by atoms with Crippen molar-refractivity contribution in [3.05, 3.63) is 59.8 Å². The molecule has 5 atom stereocenters. The van der Waals surface area contributed by atoms with Gasteiger partial charge in [-0.05, 0) is 88.4 Å². The standard InChI is InChI=1S/C24H34.C4H8.C2H6/c1-6-17(3)20-9-10-21-19-8-7-18-15-16(2)11-13-23(18,4)22(19)12-14-24(20,21)5;1-4(2)3;1-2/h12,15,19-21H,2-3,6-11,13-14H2,1,4-5H3;1H2,2-3H3;1-2H3/t19?,20?,21?,23-,24+;;/m0../s1. The zero-order valence-corrected chi connectivity index (χ0v) is 21.2. The molecule has 0 nitrogen and oxygen atoms in total. The molecule has 0 heteroatoms. The summed E-state index contributed by atoms with van der Waals surface area (Å²) in [6, 6.07) is 0. The molecule has 0 saturated heterocycles. The fourth-order valence-corrected chi connectivity index (χ4v) is 6.86. The number of hydrogen-bond donors (Lipinski definition) is 0. The van der Waals surface area contributed by atoms with Crippen LogP contribution in [0.1, 0.15) is 99.8 Å². The van der Waals surface area contributed by atoms with Crippen molar-refractivity contribution in [2.24, 2.45) is 28.6 Å². The van der Waals surface area contributed by atoms with Crippen molar-refractivity contribution in [2.75, 3.05) is 0 Å². The van der Waals surface area contributed by atoms with Gasteiger partial charge in [0.25, 0.3) is 0 Å². The molecule has 0 radical (unpaired) electrons. The maximum absolute atomic E-state index is 4.44. The smallest absolute Gasteiger partial charge is 0.0101 e. The molecule has 0 amide bonds. The molecule has 0 aromatic carbocycles. The van der Waals surface area contributed by atoms with Crippen LogP contribution in [-0.4, -0.2) is 0 Å². The van der Waals surface area contributed by atoms with Crippen LogP contribution >= 0.6 is 0 Å². The van der Waals surface area contributed by atoms with Gasteiger partial charge in [0.1, 0.15) is 0 Å². The van der Waals surface area contributed by atoms with Gasteiger partial charge in [0, 0.05) is 5.41 Å². The minimum atomic E-state index is 0.339. The Morgan fingerprint density at radius 3 is 2.30 bits per heavy atom. The molecule has 4 aliphatic rings. The first kappa shape index (κ1) is 25.0. The van der Waals surface area contributed by atoms with E-state index < -0.39 is 0 Å². The molecule has 0 N–H and O–H groups in total. The van der Waals surface area contributed by atoms with E-state index in [1.54, 1.807) is 11.1 Å². The van der Waals surface area contributed by atoms with E-state index in [0.29, 0.717) is 10.8 Å². The molecule has 0 aromatic rings. The van der Waals surface area contributed by atoms with Crippen LogP contribution in [0.4, 0.5) is 0 Å². The highest BCUT2D eigenvalue weighted by Gasteiger charge is 2.55. The van der Waals surface area contributed by atoms with E-state index in [9.17, 15) is 0 Å². The molecular formula is C30H48. The van der Waals surface area contributed by atoms with Crippen LogP contribution in [0.25, 0.3) is 0 Å². The van der Waals surface area contributed by atoms with Gasteiger partial charge >= 0.3 is 0 Å². The van der Waals surface area contributed by atoms with E-state index in [-0.39, 0.29) is 0 Å². The highest BCUT2D eigenvalue weighted by Crippen LogP contribution is 2.65. The SMILES string of the molecule is C=C(C)C.C=C1C=C2CCC3C(=CC[C@]4(C)C(C(=C)CC)CCC34)[C@@]2(C)CC1.CC. The molecule has 168 valence electrons. The second-order valence-electron chi connectivity index (χ2n) is 10.6. The highest BCUT2D eigenvalue weighted by atomic mass is 14.6. The Bertz CT molecular complexity index is 725. The summed E-state index contributed by atoms with van der Waals surface area (Å²) >= 11 is 0. The largest absolute Gasteiger partial charge is 0.100 e. The van der Waals surface area contributed by atoms with Crippen molar-refractivity contribution >= 4 is 0 Å². The van der Waals surface area contributed by atoms with Crippen molar-refractivity contribution in [2.45, 2.75) is 99.8 Å². The summed E-state index contributed by atoms with van der Waals surface area (Å²) in [5.41, 5.74) is 8.31. The van der Waals surface area contributed by atoms with E-state index in [1.165, 1.54) is 61.7 Å². The Kier molecular flexibility index (Phi) is 8.22. The van der Waals surface area contributed by atoms with Crippen LogP contribution in [0.2, 0.25) is 0 Å². The Hall–Kier alpha value is -1.30. The van der Waals surface area contributed by atoms with Crippen molar-refractivity contribution in [3.8, 4) is 0 Å². The van der Waals surface area contributed by atoms with Crippen molar-refractivity contribution < 1.29 is 0 Å². The van der Waals surface area contributed by atoms with Crippen LogP contribution in [0, 0.1) is 28.6 Å². The number of hydrogen-bond acceptors (Lipinski definition) is 0. The third kappa shape index (κ3) is 4.49. The summed E-state index contributed by atoms with van der Waals surface area (Å²) in [5.74, 6) is 2.46. The van der Waals surface area contributed by atoms with Crippen LogP contribution in [-0.2, 0) is 0 Å². The first-order valence-electron chi connectivity index (χ1n) is 12.5. The first-order chi connectivity index (χ1) is 14.1. The van der Waals surface area contributed by atoms with Gasteiger partial charge in [0.15, 0.2) is 0 Å². The van der Waals surface area contributed by atoms with Gasteiger partial charge in [-0.2, -0.15) is 0 Å². The van der Waals surface area contributed by atoms with Gasteiger partial charge < -0.3 is 0 Å². The van der Waals surface area contributed by atoms with Gasteiger partial charge in [-0.3, -0.25) is 0 Å². The summed E-state index contributed by atoms with van der Waals surface area (Å²) in [6.45, 7) is 27.6. The topological polar surface area (TPSA) is 0 Å². The van der Waals surface area contributed by atoms with Gasteiger partial charge in [-0.1, -0.05) is 87.8 Å². The summed E-state index contributed by atoms with van der Waals surface area (Å²) in [4.78, 5) is 0. The molecule has 0 aliphatic heterocycles. The van der Waals surface area contributed by atoms with E-state index in [1.807, 2.05) is 27.7 Å². The molecule has 2 saturated carbocycles. The summed E-state index contributed by atoms with van der Waals surface area (Å²) in [6.07, 6.45) is 15.5. The third-order valence-electron chi connectivity index (χ3n) is 8.40. The van der Waals surface area contributed by atoms with Crippen LogP contribution in [0.5, 0.6) is 0 Å². The summed E-state index contributed by atoms with van der Waals surface area (Å²) < 4.78 is 0. The number of fused-ring (bicyclic) bond motifs is 5. The lowest BCUT2D eigenvalue weighted by Crippen LogP contribution is -2.44. The molecular weight excluding hydrogens is 360 g/mol. The van der Waals surface area contributed by atoms with Gasteiger partial charge in [-0.15, -0.1) is 6.58 Å². The van der Waals surface area contributed by atoms with Gasteiger partial charge in [-0.25, -0.2) is 0 Å². The van der Waals surface area contributed by atoms with E-state index in [2.05, 4.69) is 52.7 Å². The van der Waals surface area contributed by atoms with Gasteiger partial charge in [0.05, 0.1) is 0 Å². The fourth-order valence-electron chi connectivity index (χ4n) is 6.86. The highest BCUT2D eigenvalue weighted by molar-refractivity contribution is 5.43. The molecule has 0 bridgehead atoms. The Morgan fingerprint density at radius 1 is 1.07 bits per heavy atom. The van der Waals surface area contributed by atoms with Crippen molar-refractivity contribution in [1.82, 2.24) is 0 Å². The maximum atomic E-state index is 4.44. The van der Waals surface area contributed by atoms with Crippen LogP contribution in [0.3, 0.4) is 0 Å². The normalized spacial score (nSPS) is 36.4. The maximum Gasteiger partial charge on any atom is 0.0101 e. The summed E-state index contributed by atoms with van der Waals surface area (Å²) in [7, 11) is 0. The minimum Gasteiger partial charge on any atom is -0.100 e. The molecule has 30 heavy (non-hydrogen) atoms. The second-order valence-corrected chi connectivity index (χ2v) is 10.6. The van der Waals surface area contributed by atoms with Crippen molar-refractivity contribution in [3.63, 3.8) is 0 Å². The number of allylic oxidation sites excluding steroid dienone is 7. The third-order valence-corrected chi connectivity index (χ3v) is 8.40. The minimum absolute atomic E-state index is 0.339. The molecule has 4 rings (SSSR count). The Morgan fingerprint density at radius 2 is 1.70 bits per heavy atom. The monoisotopic (exact) mass is 408 g/mol. The Balaban J connectivity index is 0.000000481. The summed E-state index contributed by atoms with van der Waals surface area (Å²) in [5, 5.41) is 0. The van der Waals surface area contributed by atoms with Crippen LogP contribution < -0.4 is 0 Å². The van der Waals surface area contributed by atoms with E-state index in [0.717, 1.165) is 24.2 Å². The molecule has 0 heterocycles. The second kappa shape index (κ2) is 9.88. The molecule has 3 unspecified atom stereocenters. The number of rotatable bonds is 2. The molecule has 2 fully saturated rings. The van der Waals surface area contributed by atoms with Gasteiger partial charge in [0.2, 0.25) is 0 Å². The Labute approximate surface area is 188 Å². The average Bonchev–Trinajstić information content (AvgIpc) is 3.06. The molecule has 0 aromatic heterocycles. The average molecular weight is 409 g/mol. The van der Waals surface area contributed by atoms with Crippen LogP contribution in [0.15, 0.2) is 59.8 Å². The van der Waals surface area contributed by atoms with E-state index in [4.69, 9.17) is 0 Å². The van der Waals surface area contributed by atoms with E-state index >= 15 is 0 Å². The predicted molar refractivity (Wildman–Crippen MR) is 136 cm³/mol. The molecule has 0 spiro atoms.